The van der Waals surface area contributed by atoms with Gasteiger partial charge in [0.05, 0.1) is 10.8 Å². The van der Waals surface area contributed by atoms with Crippen molar-refractivity contribution in [3.63, 3.8) is 0 Å². The zero-order valence-corrected chi connectivity index (χ0v) is 15.3. The molecule has 142 valence electrons. The number of esters is 1. The molecular formula is C22H20N2O4. The summed E-state index contributed by atoms with van der Waals surface area (Å²) >= 11 is 0. The zero-order valence-electron chi connectivity index (χ0n) is 15.3. The quantitative estimate of drug-likeness (QED) is 0.289. The fourth-order valence-corrected chi connectivity index (χ4v) is 3.72. The van der Waals surface area contributed by atoms with Crippen LogP contribution in [-0.2, 0) is 4.79 Å². The van der Waals surface area contributed by atoms with Crippen molar-refractivity contribution in [1.82, 2.24) is 0 Å². The monoisotopic (exact) mass is 376 g/mol. The second kappa shape index (κ2) is 7.68. The first-order valence-electron chi connectivity index (χ1n) is 9.31. The number of carbonyl (C=O) groups is 1. The van der Waals surface area contributed by atoms with Gasteiger partial charge in [-0.25, -0.2) is 0 Å². The van der Waals surface area contributed by atoms with Crippen molar-refractivity contribution in [1.29, 1.82) is 0 Å². The fourth-order valence-electron chi connectivity index (χ4n) is 3.72. The molecule has 0 radical (unpaired) electrons. The lowest BCUT2D eigenvalue weighted by molar-refractivity contribution is -0.384. The van der Waals surface area contributed by atoms with Crippen molar-refractivity contribution < 1.29 is 14.5 Å². The summed E-state index contributed by atoms with van der Waals surface area (Å²) in [5, 5.41) is 13.2. The summed E-state index contributed by atoms with van der Waals surface area (Å²) in [5.41, 5.74) is 0.702. The normalized spacial score (nSPS) is 14.8. The number of nitro groups is 1. The van der Waals surface area contributed by atoms with Crippen LogP contribution in [-0.4, -0.2) is 24.0 Å². The number of benzene rings is 3. The maximum Gasteiger partial charge on any atom is 0.314 e. The Labute approximate surface area is 162 Å². The van der Waals surface area contributed by atoms with Crippen LogP contribution < -0.4 is 9.64 Å². The fraction of sp³-hybridized carbons (Fsp3) is 0.227. The Balaban J connectivity index is 1.44. The largest absolute Gasteiger partial charge is 0.426 e. The Kier molecular flexibility index (Phi) is 4.93. The van der Waals surface area contributed by atoms with E-state index in [-0.39, 0.29) is 22.5 Å². The van der Waals surface area contributed by atoms with Gasteiger partial charge in [0.1, 0.15) is 11.4 Å². The molecule has 6 nitrogen and oxygen atoms in total. The van der Waals surface area contributed by atoms with Crippen molar-refractivity contribution in [2.45, 2.75) is 12.8 Å². The summed E-state index contributed by atoms with van der Waals surface area (Å²) in [6.07, 6.45) is 1.21. The van der Waals surface area contributed by atoms with Gasteiger partial charge in [-0.15, -0.1) is 0 Å². The van der Waals surface area contributed by atoms with Crippen molar-refractivity contribution in [3.05, 3.63) is 76.8 Å². The highest BCUT2D eigenvalue weighted by molar-refractivity contribution is 5.90. The Bertz CT molecular complexity index is 1020. The van der Waals surface area contributed by atoms with E-state index in [0.29, 0.717) is 37.4 Å². The Morgan fingerprint density at radius 3 is 2.43 bits per heavy atom. The highest BCUT2D eigenvalue weighted by atomic mass is 16.6. The van der Waals surface area contributed by atoms with E-state index >= 15 is 0 Å². The Morgan fingerprint density at radius 2 is 1.64 bits per heavy atom. The van der Waals surface area contributed by atoms with Gasteiger partial charge in [0.25, 0.3) is 5.69 Å². The van der Waals surface area contributed by atoms with Gasteiger partial charge in [-0.05, 0) is 30.4 Å². The van der Waals surface area contributed by atoms with E-state index in [9.17, 15) is 14.9 Å². The minimum atomic E-state index is -0.365. The standard InChI is InChI=1S/C22H20N2O4/c25-22(28-21-11-5-7-16-6-1-2-8-18(16)21)17-12-14-23(15-13-17)19-9-3-4-10-20(19)24(26)27/h1-11,17H,12-15H2. The molecule has 1 heterocycles. The van der Waals surface area contributed by atoms with Gasteiger partial charge in [-0.1, -0.05) is 48.5 Å². The summed E-state index contributed by atoms with van der Waals surface area (Å²) < 4.78 is 5.70. The molecule has 0 bridgehead atoms. The lowest BCUT2D eigenvalue weighted by atomic mass is 9.96. The number of fused-ring (bicyclic) bond motifs is 1. The van der Waals surface area contributed by atoms with E-state index in [1.165, 1.54) is 6.07 Å². The van der Waals surface area contributed by atoms with E-state index in [1.54, 1.807) is 18.2 Å². The molecule has 4 rings (SSSR count). The molecule has 0 atom stereocenters. The first-order chi connectivity index (χ1) is 13.6. The highest BCUT2D eigenvalue weighted by Crippen LogP contribution is 2.32. The number of nitro benzene ring substituents is 1. The van der Waals surface area contributed by atoms with Crippen LogP contribution >= 0.6 is 0 Å². The zero-order chi connectivity index (χ0) is 19.5. The summed E-state index contributed by atoms with van der Waals surface area (Å²) in [7, 11) is 0. The molecule has 0 saturated carbocycles. The molecule has 0 N–H and O–H groups in total. The number of carbonyl (C=O) groups excluding carboxylic acids is 1. The molecule has 0 aromatic heterocycles. The first-order valence-corrected chi connectivity index (χ1v) is 9.31. The predicted molar refractivity (Wildman–Crippen MR) is 108 cm³/mol. The second-order valence-electron chi connectivity index (χ2n) is 6.91. The maximum absolute atomic E-state index is 12.7. The van der Waals surface area contributed by atoms with Crippen LogP contribution in [0.5, 0.6) is 5.75 Å². The molecule has 6 heteroatoms. The van der Waals surface area contributed by atoms with Crippen LogP contribution in [0.15, 0.2) is 66.7 Å². The molecule has 0 amide bonds. The van der Waals surface area contributed by atoms with Crippen molar-refractivity contribution >= 4 is 28.1 Å². The molecule has 3 aromatic carbocycles. The predicted octanol–water partition coefficient (Wildman–Crippen LogP) is 4.57. The number of nitrogens with zero attached hydrogens (tertiary/aromatic N) is 2. The molecule has 28 heavy (non-hydrogen) atoms. The molecule has 1 saturated heterocycles. The number of hydrogen-bond acceptors (Lipinski definition) is 5. The van der Waals surface area contributed by atoms with Gasteiger partial charge in [0.15, 0.2) is 0 Å². The van der Waals surface area contributed by atoms with Gasteiger partial charge in [0.2, 0.25) is 0 Å². The average Bonchev–Trinajstić information content (AvgIpc) is 2.74. The third-order valence-electron chi connectivity index (χ3n) is 5.21. The topological polar surface area (TPSA) is 72.7 Å². The lowest BCUT2D eigenvalue weighted by Gasteiger charge is -2.32. The number of hydrogen-bond donors (Lipinski definition) is 0. The molecule has 0 spiro atoms. The van der Waals surface area contributed by atoms with Crippen LogP contribution in [0.2, 0.25) is 0 Å². The molecule has 1 aliphatic rings. The van der Waals surface area contributed by atoms with Crippen molar-refractivity contribution in [3.8, 4) is 5.75 Å². The number of anilines is 1. The molecule has 0 unspecified atom stereocenters. The average molecular weight is 376 g/mol. The van der Waals surface area contributed by atoms with Gasteiger partial charge in [0, 0.05) is 24.5 Å². The summed E-state index contributed by atoms with van der Waals surface area (Å²) in [6.45, 7) is 1.17. The third kappa shape index (κ3) is 3.53. The summed E-state index contributed by atoms with van der Waals surface area (Å²) in [6, 6.07) is 20.2. The molecule has 0 aliphatic carbocycles. The number of para-hydroxylation sites is 2. The van der Waals surface area contributed by atoms with Crippen molar-refractivity contribution in [2.75, 3.05) is 18.0 Å². The minimum Gasteiger partial charge on any atom is -0.426 e. The third-order valence-corrected chi connectivity index (χ3v) is 5.21. The Hall–Kier alpha value is -3.41. The van der Waals surface area contributed by atoms with Crippen LogP contribution in [0.25, 0.3) is 10.8 Å². The number of rotatable bonds is 4. The van der Waals surface area contributed by atoms with Crippen LogP contribution in [0, 0.1) is 16.0 Å². The van der Waals surface area contributed by atoms with Crippen LogP contribution in [0.4, 0.5) is 11.4 Å². The SMILES string of the molecule is O=C(Oc1cccc2ccccc12)C1CCN(c2ccccc2[N+](=O)[O-])CC1. The van der Waals surface area contributed by atoms with E-state index in [4.69, 9.17) is 4.74 Å². The van der Waals surface area contributed by atoms with Crippen molar-refractivity contribution in [2.24, 2.45) is 5.92 Å². The first kappa shape index (κ1) is 18.0. The smallest absolute Gasteiger partial charge is 0.314 e. The van der Waals surface area contributed by atoms with Gasteiger partial charge in [-0.2, -0.15) is 0 Å². The maximum atomic E-state index is 12.7. The van der Waals surface area contributed by atoms with Gasteiger partial charge < -0.3 is 9.64 Å². The number of ether oxygens (including phenoxy) is 1. The molecule has 1 aliphatic heterocycles. The van der Waals surface area contributed by atoms with E-state index in [2.05, 4.69) is 0 Å². The van der Waals surface area contributed by atoms with Crippen LogP contribution in [0.1, 0.15) is 12.8 Å². The molecule has 1 fully saturated rings. The van der Waals surface area contributed by atoms with E-state index in [0.717, 1.165) is 10.8 Å². The second-order valence-corrected chi connectivity index (χ2v) is 6.91. The summed E-state index contributed by atoms with van der Waals surface area (Å²) in [5.74, 6) is 0.126. The Morgan fingerprint density at radius 1 is 0.964 bits per heavy atom. The summed E-state index contributed by atoms with van der Waals surface area (Å²) in [4.78, 5) is 25.5. The lowest BCUT2D eigenvalue weighted by Crippen LogP contribution is -2.38. The highest BCUT2D eigenvalue weighted by Gasteiger charge is 2.29. The van der Waals surface area contributed by atoms with E-state index < -0.39 is 0 Å². The van der Waals surface area contributed by atoms with Gasteiger partial charge in [-0.3, -0.25) is 14.9 Å². The number of piperidine rings is 1. The van der Waals surface area contributed by atoms with E-state index in [1.807, 2.05) is 47.4 Å². The van der Waals surface area contributed by atoms with Gasteiger partial charge >= 0.3 is 5.97 Å². The van der Waals surface area contributed by atoms with Crippen LogP contribution in [0.3, 0.4) is 0 Å². The molecular weight excluding hydrogens is 356 g/mol. The molecule has 3 aromatic rings. The minimum absolute atomic E-state index is 0.0966.